The van der Waals surface area contributed by atoms with Crippen molar-refractivity contribution in [3.8, 4) is 0 Å². The van der Waals surface area contributed by atoms with Crippen molar-refractivity contribution in [3.63, 3.8) is 0 Å². The van der Waals surface area contributed by atoms with E-state index in [1.807, 2.05) is 6.92 Å². The van der Waals surface area contributed by atoms with E-state index < -0.39 is 15.8 Å². The lowest BCUT2D eigenvalue weighted by molar-refractivity contribution is 0.596. The highest BCUT2D eigenvalue weighted by molar-refractivity contribution is 7.89. The summed E-state index contributed by atoms with van der Waals surface area (Å²) < 4.78 is 35.5. The van der Waals surface area contributed by atoms with Crippen molar-refractivity contribution in [2.75, 3.05) is 13.1 Å². The van der Waals surface area contributed by atoms with E-state index in [-0.39, 0.29) is 10.5 Å². The molecule has 0 radical (unpaired) electrons. The first-order valence-corrected chi connectivity index (χ1v) is 6.69. The molecule has 0 aliphatic carbocycles. The van der Waals surface area contributed by atoms with Gasteiger partial charge in [-0.25, -0.2) is 17.9 Å². The number of hydrogen-bond acceptors (Lipinski definition) is 3. The van der Waals surface area contributed by atoms with Gasteiger partial charge in [0.15, 0.2) is 0 Å². The standard InChI is InChI=1S/C11H15FN2O2S/c1-2-14-7-3-4-9-8-10(12)5-6-11(9)17(13,15)16/h3-6,8,14H,2,7H2,1H3,(H2,13,15,16)/b4-3-. The minimum absolute atomic E-state index is 0.0772. The van der Waals surface area contributed by atoms with Gasteiger partial charge in [0.2, 0.25) is 10.0 Å². The Bertz CT molecular complexity index is 512. The summed E-state index contributed by atoms with van der Waals surface area (Å²) in [5.41, 5.74) is 0.255. The van der Waals surface area contributed by atoms with Crippen LogP contribution < -0.4 is 10.5 Å². The van der Waals surface area contributed by atoms with Gasteiger partial charge in [-0.2, -0.15) is 0 Å². The molecule has 0 unspecified atom stereocenters. The fourth-order valence-electron chi connectivity index (χ4n) is 1.32. The third-order valence-electron chi connectivity index (χ3n) is 2.09. The third kappa shape index (κ3) is 4.26. The molecule has 0 aliphatic rings. The predicted molar refractivity (Wildman–Crippen MR) is 65.4 cm³/mol. The lowest BCUT2D eigenvalue weighted by Crippen LogP contribution is -2.14. The van der Waals surface area contributed by atoms with E-state index in [1.165, 1.54) is 6.08 Å². The summed E-state index contributed by atoms with van der Waals surface area (Å²) in [6.45, 7) is 3.33. The van der Waals surface area contributed by atoms with E-state index in [4.69, 9.17) is 5.14 Å². The molecule has 1 aromatic carbocycles. The summed E-state index contributed by atoms with van der Waals surface area (Å²) >= 11 is 0. The summed E-state index contributed by atoms with van der Waals surface area (Å²) in [5.74, 6) is -0.500. The van der Waals surface area contributed by atoms with Crippen molar-refractivity contribution in [1.29, 1.82) is 0 Å². The first kappa shape index (κ1) is 13.8. The number of sulfonamides is 1. The maximum atomic E-state index is 13.0. The van der Waals surface area contributed by atoms with Crippen LogP contribution in [0.15, 0.2) is 29.2 Å². The van der Waals surface area contributed by atoms with Crippen LogP contribution in [0, 0.1) is 5.82 Å². The smallest absolute Gasteiger partial charge is 0.238 e. The summed E-state index contributed by atoms with van der Waals surface area (Å²) in [6, 6.07) is 3.38. The van der Waals surface area contributed by atoms with Gasteiger partial charge in [0.05, 0.1) is 4.90 Å². The van der Waals surface area contributed by atoms with Crippen LogP contribution >= 0.6 is 0 Å². The number of rotatable bonds is 5. The molecule has 94 valence electrons. The molecule has 6 heteroatoms. The van der Waals surface area contributed by atoms with Crippen molar-refractivity contribution in [2.24, 2.45) is 5.14 Å². The zero-order chi connectivity index (χ0) is 12.9. The fraction of sp³-hybridized carbons (Fsp3) is 0.273. The number of likely N-dealkylation sites (N-methyl/N-ethyl adjacent to an activating group) is 1. The molecule has 0 spiro atoms. The van der Waals surface area contributed by atoms with Gasteiger partial charge in [-0.3, -0.25) is 0 Å². The van der Waals surface area contributed by atoms with Gasteiger partial charge in [0, 0.05) is 6.54 Å². The maximum Gasteiger partial charge on any atom is 0.238 e. The predicted octanol–water partition coefficient (Wildman–Crippen LogP) is 1.10. The Hall–Kier alpha value is -1.24. The first-order chi connectivity index (χ1) is 7.95. The number of nitrogens with one attached hydrogen (secondary N) is 1. The minimum Gasteiger partial charge on any atom is -0.314 e. The number of benzene rings is 1. The summed E-state index contributed by atoms with van der Waals surface area (Å²) in [6.07, 6.45) is 3.25. The molecular weight excluding hydrogens is 243 g/mol. The van der Waals surface area contributed by atoms with E-state index in [2.05, 4.69) is 5.32 Å². The highest BCUT2D eigenvalue weighted by Crippen LogP contribution is 2.17. The van der Waals surface area contributed by atoms with Gasteiger partial charge in [0.1, 0.15) is 5.82 Å². The molecule has 0 aromatic heterocycles. The second-order valence-electron chi connectivity index (χ2n) is 3.44. The van der Waals surface area contributed by atoms with E-state index >= 15 is 0 Å². The van der Waals surface area contributed by atoms with Gasteiger partial charge in [-0.05, 0) is 30.3 Å². The van der Waals surface area contributed by atoms with Gasteiger partial charge in [-0.1, -0.05) is 19.1 Å². The van der Waals surface area contributed by atoms with Gasteiger partial charge < -0.3 is 5.32 Å². The Morgan fingerprint density at radius 3 is 2.76 bits per heavy atom. The molecule has 0 heterocycles. The van der Waals surface area contributed by atoms with Crippen LogP contribution in [0.3, 0.4) is 0 Å². The molecule has 0 saturated carbocycles. The SMILES string of the molecule is CCNC/C=C\c1cc(F)ccc1S(N)(=O)=O. The van der Waals surface area contributed by atoms with Crippen molar-refractivity contribution in [2.45, 2.75) is 11.8 Å². The largest absolute Gasteiger partial charge is 0.314 e. The Kier molecular flexibility index (Phi) is 4.80. The monoisotopic (exact) mass is 258 g/mol. The number of primary sulfonamides is 1. The molecule has 0 amide bonds. The van der Waals surface area contributed by atoms with Crippen LogP contribution in [0.4, 0.5) is 4.39 Å². The highest BCUT2D eigenvalue weighted by atomic mass is 32.2. The third-order valence-corrected chi connectivity index (χ3v) is 3.07. The van der Waals surface area contributed by atoms with Crippen molar-refractivity contribution in [1.82, 2.24) is 5.32 Å². The molecule has 0 fully saturated rings. The zero-order valence-electron chi connectivity index (χ0n) is 9.48. The summed E-state index contributed by atoms with van der Waals surface area (Å²) in [4.78, 5) is -0.0772. The lowest BCUT2D eigenvalue weighted by atomic mass is 10.2. The lowest BCUT2D eigenvalue weighted by Gasteiger charge is -2.03. The van der Waals surface area contributed by atoms with E-state index in [9.17, 15) is 12.8 Å². The molecule has 0 atom stereocenters. The van der Waals surface area contributed by atoms with Crippen LogP contribution in [-0.4, -0.2) is 21.5 Å². The average molecular weight is 258 g/mol. The Morgan fingerprint density at radius 2 is 2.18 bits per heavy atom. The van der Waals surface area contributed by atoms with Gasteiger partial charge in [0.25, 0.3) is 0 Å². The number of halogens is 1. The second kappa shape index (κ2) is 5.90. The summed E-state index contributed by atoms with van der Waals surface area (Å²) in [5, 5.41) is 8.07. The van der Waals surface area contributed by atoms with Crippen molar-refractivity contribution in [3.05, 3.63) is 35.7 Å². The van der Waals surface area contributed by atoms with Crippen LogP contribution in [-0.2, 0) is 10.0 Å². The molecule has 1 rings (SSSR count). The fourth-order valence-corrected chi connectivity index (χ4v) is 2.04. The normalized spacial score (nSPS) is 12.2. The first-order valence-electron chi connectivity index (χ1n) is 5.14. The topological polar surface area (TPSA) is 72.2 Å². The van der Waals surface area contributed by atoms with E-state index in [0.29, 0.717) is 6.54 Å². The Balaban J connectivity index is 3.04. The molecule has 3 N–H and O–H groups in total. The minimum atomic E-state index is -3.83. The van der Waals surface area contributed by atoms with Crippen molar-refractivity contribution >= 4 is 16.1 Å². The zero-order valence-corrected chi connectivity index (χ0v) is 10.3. The molecule has 0 bridgehead atoms. The van der Waals surface area contributed by atoms with Crippen LogP contribution in [0.5, 0.6) is 0 Å². The van der Waals surface area contributed by atoms with Gasteiger partial charge in [-0.15, -0.1) is 0 Å². The average Bonchev–Trinajstić information content (AvgIpc) is 2.23. The van der Waals surface area contributed by atoms with E-state index in [0.717, 1.165) is 24.7 Å². The Morgan fingerprint density at radius 1 is 1.47 bits per heavy atom. The molecule has 1 aromatic rings. The number of hydrogen-bond donors (Lipinski definition) is 2. The molecular formula is C11H15FN2O2S. The molecule has 4 nitrogen and oxygen atoms in total. The van der Waals surface area contributed by atoms with Crippen LogP contribution in [0.1, 0.15) is 12.5 Å². The summed E-state index contributed by atoms with van der Waals surface area (Å²) in [7, 11) is -3.83. The highest BCUT2D eigenvalue weighted by Gasteiger charge is 2.12. The van der Waals surface area contributed by atoms with E-state index in [1.54, 1.807) is 6.08 Å². The van der Waals surface area contributed by atoms with Gasteiger partial charge >= 0.3 is 0 Å². The molecule has 17 heavy (non-hydrogen) atoms. The Labute approximate surface area is 100 Å². The quantitative estimate of drug-likeness (QED) is 0.777. The van der Waals surface area contributed by atoms with Crippen LogP contribution in [0.2, 0.25) is 0 Å². The second-order valence-corrected chi connectivity index (χ2v) is 4.97. The molecule has 0 aliphatic heterocycles. The maximum absolute atomic E-state index is 13.0. The number of nitrogens with two attached hydrogens (primary N) is 1. The van der Waals surface area contributed by atoms with Crippen LogP contribution in [0.25, 0.3) is 6.08 Å². The molecule has 0 saturated heterocycles. The van der Waals surface area contributed by atoms with Crippen molar-refractivity contribution < 1.29 is 12.8 Å².